The number of carbonyl (C=O) groups excluding carboxylic acids is 2. The summed E-state index contributed by atoms with van der Waals surface area (Å²) < 4.78 is 3.82. The van der Waals surface area contributed by atoms with Crippen molar-refractivity contribution in [3.63, 3.8) is 0 Å². The van der Waals surface area contributed by atoms with Gasteiger partial charge in [-0.2, -0.15) is 4.40 Å². The van der Waals surface area contributed by atoms with Crippen LogP contribution in [0.2, 0.25) is 0 Å². The van der Waals surface area contributed by atoms with E-state index in [4.69, 9.17) is 0 Å². The van der Waals surface area contributed by atoms with Gasteiger partial charge in [0.2, 0.25) is 23.5 Å². The monoisotopic (exact) mass is 405 g/mol. The van der Waals surface area contributed by atoms with Crippen molar-refractivity contribution in [2.24, 2.45) is 11.8 Å². The van der Waals surface area contributed by atoms with Gasteiger partial charge < -0.3 is 20.4 Å². The van der Waals surface area contributed by atoms with Gasteiger partial charge in [0.25, 0.3) is 0 Å². The fraction of sp³-hybridized carbons (Fsp3) is 0.444. The van der Waals surface area contributed by atoms with Gasteiger partial charge in [-0.05, 0) is 6.92 Å². The molecule has 0 unspecified atom stereocenters. The minimum Gasteiger partial charge on any atom is -0.477 e. The molecular formula is C18H21N4O5S+. The van der Waals surface area contributed by atoms with E-state index in [1.54, 1.807) is 6.92 Å². The number of amides is 2. The van der Waals surface area contributed by atoms with Crippen molar-refractivity contribution in [3.8, 4) is 0 Å². The molecule has 1 saturated heterocycles. The molecule has 1 fully saturated rings. The number of aliphatic hydroxyl groups excluding tert-OH is 1. The predicted octanol–water partition coefficient (Wildman–Crippen LogP) is -0.270. The van der Waals surface area contributed by atoms with Crippen LogP contribution in [-0.2, 0) is 27.5 Å². The smallest absolute Gasteiger partial charge is 0.352 e. The van der Waals surface area contributed by atoms with Crippen molar-refractivity contribution >= 4 is 34.5 Å². The molecule has 2 aliphatic rings. The summed E-state index contributed by atoms with van der Waals surface area (Å²) in [5, 5.41) is 22.2. The Morgan fingerprint density at radius 3 is 2.86 bits per heavy atom. The molecule has 2 aromatic heterocycles. The number of carbonyl (C=O) groups is 3. The Kier molecular flexibility index (Phi) is 4.47. The number of aliphatic carboxylic acids is 1. The second kappa shape index (κ2) is 6.71. The van der Waals surface area contributed by atoms with E-state index in [2.05, 4.69) is 5.32 Å². The Labute approximate surface area is 164 Å². The lowest BCUT2D eigenvalue weighted by molar-refractivity contribution is -0.688. The molecule has 0 spiro atoms. The Morgan fingerprint density at radius 1 is 1.50 bits per heavy atom. The summed E-state index contributed by atoms with van der Waals surface area (Å²) in [5.74, 6) is -2.15. The number of carboxylic acid groups (broad SMARTS) is 1. The zero-order valence-corrected chi connectivity index (χ0v) is 16.2. The Morgan fingerprint density at radius 2 is 2.25 bits per heavy atom. The van der Waals surface area contributed by atoms with Gasteiger partial charge in [-0.1, -0.05) is 18.3 Å². The topological polar surface area (TPSA) is 115 Å². The first-order chi connectivity index (χ1) is 13.3. The molecule has 10 heteroatoms. The van der Waals surface area contributed by atoms with Gasteiger partial charge >= 0.3 is 5.97 Å². The van der Waals surface area contributed by atoms with Crippen molar-refractivity contribution in [1.29, 1.82) is 0 Å². The average molecular weight is 405 g/mol. The third-order valence-electron chi connectivity index (χ3n) is 5.55. The summed E-state index contributed by atoms with van der Waals surface area (Å²) in [7, 11) is 0. The van der Waals surface area contributed by atoms with Gasteiger partial charge in [-0.3, -0.25) is 9.59 Å². The van der Waals surface area contributed by atoms with Crippen molar-refractivity contribution in [1.82, 2.24) is 14.6 Å². The number of fused-ring (bicyclic) bond motifs is 2. The first-order valence-electron chi connectivity index (χ1n) is 8.97. The molecule has 0 aliphatic carbocycles. The van der Waals surface area contributed by atoms with E-state index in [-0.39, 0.29) is 23.6 Å². The van der Waals surface area contributed by atoms with Gasteiger partial charge in [0.05, 0.1) is 29.5 Å². The van der Waals surface area contributed by atoms with Gasteiger partial charge in [-0.25, -0.2) is 9.36 Å². The highest BCUT2D eigenvalue weighted by molar-refractivity contribution is 7.17. The molecule has 2 aliphatic heterocycles. The SMILES string of the molecule is C[C@@H](O)[C@H]1C(=O)N2C(C(=O)O)=C(C[n+]3cc4sc(CNC=O)cn4c3)[C@H](C)[C@H]12. The van der Waals surface area contributed by atoms with Crippen molar-refractivity contribution in [3.05, 3.63) is 34.9 Å². The van der Waals surface area contributed by atoms with Gasteiger partial charge in [-0.15, -0.1) is 0 Å². The molecule has 28 heavy (non-hydrogen) atoms. The number of nitrogens with one attached hydrogen (secondary N) is 1. The van der Waals surface area contributed by atoms with E-state index in [0.717, 1.165) is 9.71 Å². The number of aromatic nitrogens is 2. The summed E-state index contributed by atoms with van der Waals surface area (Å²) >= 11 is 1.53. The fourth-order valence-corrected chi connectivity index (χ4v) is 5.29. The molecule has 2 aromatic rings. The number of rotatable bonds is 7. The minimum atomic E-state index is -1.12. The number of nitrogens with zero attached hydrogens (tertiary/aromatic N) is 3. The normalized spacial score (nSPS) is 25.0. The predicted molar refractivity (Wildman–Crippen MR) is 98.0 cm³/mol. The zero-order chi connectivity index (χ0) is 20.2. The minimum absolute atomic E-state index is 0.0392. The number of aliphatic hydroxyl groups is 1. The molecule has 0 saturated carbocycles. The highest BCUT2D eigenvalue weighted by Gasteiger charge is 2.60. The molecule has 0 bridgehead atoms. The maximum Gasteiger partial charge on any atom is 0.352 e. The average Bonchev–Trinajstić information content (AvgIpc) is 3.23. The first kappa shape index (κ1) is 18.6. The van der Waals surface area contributed by atoms with Crippen molar-refractivity contribution < 1.29 is 29.2 Å². The zero-order valence-electron chi connectivity index (χ0n) is 15.4. The molecule has 148 valence electrons. The van der Waals surface area contributed by atoms with E-state index < -0.39 is 18.0 Å². The molecular weight excluding hydrogens is 384 g/mol. The number of thiazole rings is 1. The van der Waals surface area contributed by atoms with Crippen LogP contribution in [0.3, 0.4) is 0 Å². The maximum absolute atomic E-state index is 12.4. The van der Waals surface area contributed by atoms with Crippen LogP contribution in [-0.4, -0.2) is 49.9 Å². The largest absolute Gasteiger partial charge is 0.477 e. The second-order valence-electron chi connectivity index (χ2n) is 7.29. The van der Waals surface area contributed by atoms with E-state index in [9.17, 15) is 24.6 Å². The molecule has 2 amide bonds. The summed E-state index contributed by atoms with van der Waals surface area (Å²) in [6.45, 7) is 4.29. The molecule has 4 atom stereocenters. The second-order valence-corrected chi connectivity index (χ2v) is 8.44. The van der Waals surface area contributed by atoms with Crippen LogP contribution >= 0.6 is 11.3 Å². The van der Waals surface area contributed by atoms with E-state index in [0.29, 0.717) is 25.1 Å². The van der Waals surface area contributed by atoms with Gasteiger partial charge in [0.15, 0.2) is 0 Å². The molecule has 4 heterocycles. The number of imidazole rings is 1. The molecule has 9 nitrogen and oxygen atoms in total. The van der Waals surface area contributed by atoms with Crippen LogP contribution in [0.1, 0.15) is 18.7 Å². The quantitative estimate of drug-likeness (QED) is 0.333. The third kappa shape index (κ3) is 2.71. The van der Waals surface area contributed by atoms with E-state index in [1.807, 2.05) is 34.6 Å². The van der Waals surface area contributed by atoms with Crippen LogP contribution in [0.15, 0.2) is 30.0 Å². The summed E-state index contributed by atoms with van der Waals surface area (Å²) in [5.41, 5.74) is 0.720. The van der Waals surface area contributed by atoms with Crippen LogP contribution in [0.4, 0.5) is 0 Å². The van der Waals surface area contributed by atoms with Crippen LogP contribution < -0.4 is 9.88 Å². The lowest BCUT2D eigenvalue weighted by Crippen LogP contribution is -2.63. The molecule has 3 N–H and O–H groups in total. The Balaban J connectivity index is 1.62. The Hall–Kier alpha value is -2.72. The maximum atomic E-state index is 12.4. The lowest BCUT2D eigenvalue weighted by atomic mass is 9.78. The fourth-order valence-electron chi connectivity index (χ4n) is 4.31. The number of β-lactam (4-membered cyclic amide) rings is 1. The summed E-state index contributed by atoms with van der Waals surface area (Å²) in [4.78, 5) is 38.0. The number of hydrogen-bond donors (Lipinski definition) is 3. The highest BCUT2D eigenvalue weighted by atomic mass is 32.1. The van der Waals surface area contributed by atoms with Crippen LogP contribution in [0.25, 0.3) is 4.83 Å². The van der Waals surface area contributed by atoms with Crippen LogP contribution in [0, 0.1) is 11.8 Å². The highest BCUT2D eigenvalue weighted by Crippen LogP contribution is 2.47. The van der Waals surface area contributed by atoms with Crippen LogP contribution in [0.5, 0.6) is 0 Å². The Bertz CT molecular complexity index is 975. The standard InChI is InChI=1S/C18H20N4O5S/c1-9-12(16(18(26)27)22-15(9)14(10(2)24)17(22)25)5-20-6-13-21(8-20)4-11(28-13)3-19-7-23/h4,6-10,14-15,24H,3,5H2,1-2H3,(H-,19,23,26,27)/p+1/t9-,10+,14+,15+/m0/s1. The van der Waals surface area contributed by atoms with E-state index >= 15 is 0 Å². The van der Waals surface area contributed by atoms with E-state index in [1.165, 1.54) is 16.2 Å². The van der Waals surface area contributed by atoms with Crippen molar-refractivity contribution in [2.45, 2.75) is 39.1 Å². The number of hydrogen-bond acceptors (Lipinski definition) is 5. The van der Waals surface area contributed by atoms with Gasteiger partial charge in [0, 0.05) is 11.5 Å². The molecule has 0 aromatic carbocycles. The summed E-state index contributed by atoms with van der Waals surface area (Å²) in [6, 6.07) is -0.307. The summed E-state index contributed by atoms with van der Waals surface area (Å²) in [6.07, 6.45) is 5.53. The first-order valence-corrected chi connectivity index (χ1v) is 9.79. The third-order valence-corrected chi connectivity index (χ3v) is 6.59. The molecule has 0 radical (unpaired) electrons. The molecule has 4 rings (SSSR count). The van der Waals surface area contributed by atoms with Crippen molar-refractivity contribution in [2.75, 3.05) is 0 Å². The number of carboxylic acids is 1. The lowest BCUT2D eigenvalue weighted by Gasteiger charge is -2.46. The van der Waals surface area contributed by atoms with Gasteiger partial charge in [0.1, 0.15) is 24.6 Å².